The average Bonchev–Trinajstić information content (AvgIpc) is 2.86. The maximum Gasteiger partial charge on any atom is 0.326 e. The number of nitrogens with two attached hydrogens (primary N) is 1. The van der Waals surface area contributed by atoms with Gasteiger partial charge in [-0.3, -0.25) is 4.79 Å². The van der Waals surface area contributed by atoms with Gasteiger partial charge in [-0.1, -0.05) is 59.7 Å². The molecule has 152 valence electrons. The molecule has 3 amide bonds. The van der Waals surface area contributed by atoms with E-state index in [1.54, 1.807) is 24.3 Å². The number of phenolic OH excluding ortho intramolecular Hbond substituents is 1. The first kappa shape index (κ1) is 20.6. The van der Waals surface area contributed by atoms with Gasteiger partial charge in [-0.25, -0.2) is 9.69 Å². The number of imide groups is 1. The van der Waals surface area contributed by atoms with Crippen LogP contribution >= 0.6 is 0 Å². The number of anilines is 1. The lowest BCUT2D eigenvalue weighted by Gasteiger charge is -2.28. The highest BCUT2D eigenvalue weighted by molar-refractivity contribution is 6.41. The van der Waals surface area contributed by atoms with Crippen molar-refractivity contribution in [3.63, 3.8) is 0 Å². The molecule has 0 saturated carbocycles. The predicted octanol–water partition coefficient (Wildman–Crippen LogP) is 4.95. The predicted molar refractivity (Wildman–Crippen MR) is 117 cm³/mol. The van der Waals surface area contributed by atoms with E-state index < -0.39 is 11.9 Å². The number of hydrogen-bond acceptors (Lipinski definition) is 3. The van der Waals surface area contributed by atoms with Gasteiger partial charge in [0.05, 0.1) is 11.3 Å². The third-order valence-corrected chi connectivity index (χ3v) is 5.15. The fraction of sp³-hybridized carbons (Fsp3) is 0.333. The zero-order valence-corrected chi connectivity index (χ0v) is 17.8. The molecule has 1 aliphatic rings. The van der Waals surface area contributed by atoms with Crippen LogP contribution in [0.2, 0.25) is 0 Å². The SMILES string of the molecule is CC(C)(C)c1cc(C=C2C(=O)N(C(N)=O)c3ccccc32)cc(C(C)(C)C)c1O. The number of aromatic hydroxyl groups is 1. The molecule has 0 bridgehead atoms. The molecule has 0 spiro atoms. The van der Waals surface area contributed by atoms with Crippen molar-refractivity contribution in [1.82, 2.24) is 0 Å². The molecule has 0 aliphatic carbocycles. The van der Waals surface area contributed by atoms with E-state index in [1.807, 2.05) is 59.7 Å². The highest BCUT2D eigenvalue weighted by Crippen LogP contribution is 2.42. The normalized spacial score (nSPS) is 15.7. The Balaban J connectivity index is 2.26. The maximum absolute atomic E-state index is 12.9. The second-order valence-corrected chi connectivity index (χ2v) is 9.52. The lowest BCUT2D eigenvalue weighted by molar-refractivity contribution is -0.112. The number of rotatable bonds is 1. The Labute approximate surface area is 171 Å². The monoisotopic (exact) mass is 392 g/mol. The van der Waals surface area contributed by atoms with Gasteiger partial charge in [0.25, 0.3) is 5.91 Å². The Morgan fingerprint density at radius 3 is 2.00 bits per heavy atom. The Hall–Kier alpha value is -3.08. The molecule has 0 fully saturated rings. The third-order valence-electron chi connectivity index (χ3n) is 5.15. The van der Waals surface area contributed by atoms with E-state index in [4.69, 9.17) is 5.73 Å². The summed E-state index contributed by atoms with van der Waals surface area (Å²) in [6, 6.07) is 10.1. The molecule has 0 aromatic heterocycles. The second kappa shape index (κ2) is 6.76. The number of fused-ring (bicyclic) bond motifs is 1. The fourth-order valence-corrected chi connectivity index (χ4v) is 3.65. The summed E-state index contributed by atoms with van der Waals surface area (Å²) in [7, 11) is 0. The van der Waals surface area contributed by atoms with Gasteiger partial charge in [-0.15, -0.1) is 0 Å². The topological polar surface area (TPSA) is 83.6 Å². The molecule has 2 aromatic rings. The van der Waals surface area contributed by atoms with E-state index in [0.29, 0.717) is 16.8 Å². The van der Waals surface area contributed by atoms with Gasteiger partial charge in [0, 0.05) is 16.7 Å². The van der Waals surface area contributed by atoms with Crippen LogP contribution in [0.15, 0.2) is 36.4 Å². The van der Waals surface area contributed by atoms with Crippen LogP contribution in [0.5, 0.6) is 5.75 Å². The average molecular weight is 392 g/mol. The smallest absolute Gasteiger partial charge is 0.326 e. The number of carbonyl (C=O) groups is 2. The molecule has 1 aliphatic heterocycles. The van der Waals surface area contributed by atoms with Crippen LogP contribution < -0.4 is 10.6 Å². The lowest BCUT2D eigenvalue weighted by Crippen LogP contribution is -2.37. The number of primary amides is 1. The van der Waals surface area contributed by atoms with Gasteiger partial charge in [0.2, 0.25) is 0 Å². The van der Waals surface area contributed by atoms with Crippen molar-refractivity contribution < 1.29 is 14.7 Å². The summed E-state index contributed by atoms with van der Waals surface area (Å²) in [4.78, 5) is 25.8. The number of para-hydroxylation sites is 1. The van der Waals surface area contributed by atoms with Crippen molar-refractivity contribution in [1.29, 1.82) is 0 Å². The molecule has 29 heavy (non-hydrogen) atoms. The first-order valence-corrected chi connectivity index (χ1v) is 9.65. The van der Waals surface area contributed by atoms with Gasteiger partial charge < -0.3 is 10.8 Å². The molecule has 3 rings (SSSR count). The van der Waals surface area contributed by atoms with Crippen molar-refractivity contribution in [3.05, 3.63) is 58.7 Å². The number of hydrogen-bond donors (Lipinski definition) is 2. The molecule has 1 heterocycles. The van der Waals surface area contributed by atoms with Crippen molar-refractivity contribution in [2.75, 3.05) is 4.90 Å². The van der Waals surface area contributed by atoms with Crippen molar-refractivity contribution in [2.45, 2.75) is 52.4 Å². The molecule has 0 radical (unpaired) electrons. The molecule has 5 heteroatoms. The van der Waals surface area contributed by atoms with Crippen molar-refractivity contribution in [3.8, 4) is 5.75 Å². The van der Waals surface area contributed by atoms with Crippen LogP contribution in [0.4, 0.5) is 10.5 Å². The zero-order chi connectivity index (χ0) is 21.7. The molecule has 0 unspecified atom stereocenters. The quantitative estimate of drug-likeness (QED) is 0.673. The minimum absolute atomic E-state index is 0.282. The summed E-state index contributed by atoms with van der Waals surface area (Å²) in [5.41, 5.74) is 8.85. The molecular weight excluding hydrogens is 364 g/mol. The first-order chi connectivity index (χ1) is 13.3. The summed E-state index contributed by atoms with van der Waals surface area (Å²) < 4.78 is 0. The minimum atomic E-state index is -0.803. The highest BCUT2D eigenvalue weighted by Gasteiger charge is 2.35. The number of amides is 3. The molecule has 3 N–H and O–H groups in total. The molecule has 0 atom stereocenters. The van der Waals surface area contributed by atoms with E-state index in [-0.39, 0.29) is 16.6 Å². The van der Waals surface area contributed by atoms with Crippen molar-refractivity contribution in [2.24, 2.45) is 5.73 Å². The number of carbonyl (C=O) groups excluding carboxylic acids is 2. The molecule has 0 saturated heterocycles. The third kappa shape index (κ3) is 3.65. The van der Waals surface area contributed by atoms with Gasteiger partial charge >= 0.3 is 6.03 Å². The Morgan fingerprint density at radius 1 is 1.00 bits per heavy atom. The van der Waals surface area contributed by atoms with Crippen LogP contribution in [0.25, 0.3) is 11.6 Å². The van der Waals surface area contributed by atoms with E-state index in [1.165, 1.54) is 0 Å². The second-order valence-electron chi connectivity index (χ2n) is 9.52. The molecule has 2 aromatic carbocycles. The van der Waals surface area contributed by atoms with Crippen LogP contribution in [-0.2, 0) is 15.6 Å². The van der Waals surface area contributed by atoms with Gasteiger partial charge in [0.1, 0.15) is 5.75 Å². The van der Waals surface area contributed by atoms with Crippen LogP contribution in [0.3, 0.4) is 0 Å². The maximum atomic E-state index is 12.9. The summed E-state index contributed by atoms with van der Waals surface area (Å²) in [6.45, 7) is 12.2. The lowest BCUT2D eigenvalue weighted by atomic mass is 9.78. The first-order valence-electron chi connectivity index (χ1n) is 9.65. The summed E-state index contributed by atoms with van der Waals surface area (Å²) in [6.07, 6.45) is 1.77. The fourth-order valence-electron chi connectivity index (χ4n) is 3.65. The highest BCUT2D eigenvalue weighted by atomic mass is 16.3. The standard InChI is InChI=1S/C24H28N2O3/c1-23(2,3)17-12-14(13-18(20(17)27)24(4,5)6)11-16-15-9-7-8-10-19(15)26(21(16)28)22(25)29/h7-13,27H,1-6H3,(H2,25,29). The van der Waals surface area contributed by atoms with Gasteiger partial charge in [0.15, 0.2) is 0 Å². The zero-order valence-electron chi connectivity index (χ0n) is 17.8. The number of phenols is 1. The number of benzene rings is 2. The Bertz CT molecular complexity index is 1000. The Kier molecular flexibility index (Phi) is 4.81. The summed E-state index contributed by atoms with van der Waals surface area (Å²) in [5, 5.41) is 10.9. The summed E-state index contributed by atoms with van der Waals surface area (Å²) in [5.74, 6) is -0.162. The molecular formula is C24H28N2O3. The molecule has 5 nitrogen and oxygen atoms in total. The summed E-state index contributed by atoms with van der Waals surface area (Å²) >= 11 is 0. The minimum Gasteiger partial charge on any atom is -0.507 e. The largest absolute Gasteiger partial charge is 0.507 e. The Morgan fingerprint density at radius 2 is 1.52 bits per heavy atom. The number of urea groups is 1. The van der Waals surface area contributed by atoms with E-state index in [9.17, 15) is 14.7 Å². The van der Waals surface area contributed by atoms with Crippen LogP contribution in [0.1, 0.15) is 63.8 Å². The van der Waals surface area contributed by atoms with E-state index in [0.717, 1.165) is 21.6 Å². The number of nitrogens with zero attached hydrogens (tertiary/aromatic N) is 1. The van der Waals surface area contributed by atoms with Crippen molar-refractivity contribution >= 4 is 29.3 Å². The van der Waals surface area contributed by atoms with Crippen LogP contribution in [0, 0.1) is 0 Å². The van der Waals surface area contributed by atoms with Crippen LogP contribution in [-0.4, -0.2) is 17.0 Å². The van der Waals surface area contributed by atoms with E-state index in [2.05, 4.69) is 0 Å². The van der Waals surface area contributed by atoms with E-state index >= 15 is 0 Å². The van der Waals surface area contributed by atoms with Gasteiger partial charge in [-0.2, -0.15) is 0 Å². The van der Waals surface area contributed by atoms with Gasteiger partial charge in [-0.05, 0) is 40.7 Å².